The molecule has 156 valence electrons. The van der Waals surface area contributed by atoms with Gasteiger partial charge in [-0.15, -0.1) is 0 Å². The molecule has 6 aliphatic rings. The molecule has 2 heterocycles. The maximum atomic E-state index is 13.1. The molecule has 8 atom stereocenters. The van der Waals surface area contributed by atoms with Crippen molar-refractivity contribution in [3.63, 3.8) is 0 Å². The molecule has 31 heavy (non-hydrogen) atoms. The maximum Gasteiger partial charge on any atom is 0.238 e. The van der Waals surface area contributed by atoms with Crippen molar-refractivity contribution in [2.45, 2.75) is 12.8 Å². The third-order valence-corrected chi connectivity index (χ3v) is 8.67. The van der Waals surface area contributed by atoms with Gasteiger partial charge in [0.05, 0.1) is 40.1 Å². The Hall–Kier alpha value is -2.73. The molecular weight excluding hydrogens is 416 g/mol. The minimum atomic E-state index is -0.303. The molecule has 0 aromatic heterocycles. The Balaban J connectivity index is 1.22. The van der Waals surface area contributed by atoms with E-state index in [-0.39, 0.29) is 76.0 Å². The molecule has 4 bridgehead atoms. The van der Waals surface area contributed by atoms with Gasteiger partial charge in [-0.05, 0) is 54.7 Å². The highest BCUT2D eigenvalue weighted by atomic mass is 35.5. The average molecular weight is 435 g/mol. The quantitative estimate of drug-likeness (QED) is 0.530. The molecule has 2 saturated heterocycles. The molecule has 4 amide bonds. The number of fused-ring (bicyclic) bond motifs is 10. The number of hydrogen-bond acceptors (Lipinski definition) is 4. The standard InChI is InChI=1S/C24H19ClN2O4/c25-15-9-14(26-21(28)17-10-1-2-11(7-10)18(17)22(26)29)5-6-16(15)27-23(30)19-12-3-4-13(8-12)20(19)24(27)31/h1-6,9-13,17-20H,7-8H2/t10-,11+,12-,13+,17+,18-,19-,20-/m1/s1. The van der Waals surface area contributed by atoms with Crippen LogP contribution < -0.4 is 9.80 Å². The fourth-order valence-corrected chi connectivity index (χ4v) is 7.37. The second kappa shape index (κ2) is 5.74. The summed E-state index contributed by atoms with van der Waals surface area (Å²) in [7, 11) is 0. The Morgan fingerprint density at radius 1 is 0.645 bits per heavy atom. The van der Waals surface area contributed by atoms with E-state index in [0.717, 1.165) is 12.8 Å². The highest BCUT2D eigenvalue weighted by Crippen LogP contribution is 2.55. The Labute approximate surface area is 183 Å². The van der Waals surface area contributed by atoms with E-state index in [1.165, 1.54) is 15.9 Å². The summed E-state index contributed by atoms with van der Waals surface area (Å²) in [6.45, 7) is 0. The van der Waals surface area contributed by atoms with Gasteiger partial charge in [0, 0.05) is 0 Å². The number of carbonyl (C=O) groups is 4. The molecular formula is C24H19ClN2O4. The van der Waals surface area contributed by atoms with E-state index in [1.807, 2.05) is 0 Å². The van der Waals surface area contributed by atoms with Gasteiger partial charge in [-0.3, -0.25) is 19.2 Å². The molecule has 0 radical (unpaired) electrons. The van der Waals surface area contributed by atoms with E-state index in [4.69, 9.17) is 11.6 Å². The van der Waals surface area contributed by atoms with Crippen LogP contribution in [0.5, 0.6) is 0 Å². The van der Waals surface area contributed by atoms with Crippen LogP contribution in [0.3, 0.4) is 0 Å². The van der Waals surface area contributed by atoms with Crippen molar-refractivity contribution >= 4 is 46.6 Å². The minimum absolute atomic E-state index is 0.123. The molecule has 7 rings (SSSR count). The second-order valence-electron chi connectivity index (χ2n) is 9.66. The topological polar surface area (TPSA) is 74.8 Å². The number of benzene rings is 1. The molecule has 2 saturated carbocycles. The third-order valence-electron chi connectivity index (χ3n) is 8.37. The van der Waals surface area contributed by atoms with Crippen molar-refractivity contribution in [3.8, 4) is 0 Å². The SMILES string of the molecule is O=C1[C@@H]2[C@H](C(=O)N1c1ccc(N3C(=O)[C@H]4[C@H](C3=O)[C@H]3C=C[C@@H]4C3)c(Cl)c1)[C@H]1C=C[C@@H]2C1. The zero-order valence-electron chi connectivity index (χ0n) is 16.5. The number of amides is 4. The van der Waals surface area contributed by atoms with E-state index in [9.17, 15) is 19.2 Å². The summed E-state index contributed by atoms with van der Waals surface area (Å²) >= 11 is 6.53. The number of anilines is 2. The summed E-state index contributed by atoms with van der Waals surface area (Å²) in [5.74, 6) is -1.43. The van der Waals surface area contributed by atoms with E-state index >= 15 is 0 Å². The van der Waals surface area contributed by atoms with Crippen LogP contribution in [0.1, 0.15) is 12.8 Å². The van der Waals surface area contributed by atoms with Crippen LogP contribution >= 0.6 is 11.6 Å². The number of halogens is 1. The molecule has 0 N–H and O–H groups in total. The van der Waals surface area contributed by atoms with Crippen molar-refractivity contribution in [3.05, 3.63) is 47.5 Å². The van der Waals surface area contributed by atoms with Gasteiger partial charge in [0.1, 0.15) is 0 Å². The Bertz CT molecular complexity index is 1110. The number of allylic oxidation sites excluding steroid dienone is 4. The van der Waals surface area contributed by atoms with Crippen LogP contribution in [0.15, 0.2) is 42.5 Å². The Morgan fingerprint density at radius 3 is 1.48 bits per heavy atom. The lowest BCUT2D eigenvalue weighted by Gasteiger charge is -2.21. The third kappa shape index (κ3) is 2.05. The molecule has 7 heteroatoms. The Kier molecular flexibility index (Phi) is 3.31. The maximum absolute atomic E-state index is 13.1. The first-order chi connectivity index (χ1) is 15.0. The summed E-state index contributed by atoms with van der Waals surface area (Å²) in [6.07, 6.45) is 9.95. The van der Waals surface area contributed by atoms with Crippen LogP contribution in [0.4, 0.5) is 11.4 Å². The van der Waals surface area contributed by atoms with E-state index in [0.29, 0.717) is 11.4 Å². The lowest BCUT2D eigenvalue weighted by atomic mass is 9.85. The fourth-order valence-electron chi connectivity index (χ4n) is 7.11. The highest BCUT2D eigenvalue weighted by Gasteiger charge is 2.61. The summed E-state index contributed by atoms with van der Waals surface area (Å²) in [5.41, 5.74) is 0.730. The van der Waals surface area contributed by atoms with E-state index in [1.54, 1.807) is 12.1 Å². The monoisotopic (exact) mass is 434 g/mol. The van der Waals surface area contributed by atoms with Gasteiger partial charge in [0.15, 0.2) is 0 Å². The number of rotatable bonds is 2. The van der Waals surface area contributed by atoms with Crippen molar-refractivity contribution in [2.24, 2.45) is 47.3 Å². The van der Waals surface area contributed by atoms with Crippen LogP contribution in [-0.4, -0.2) is 23.6 Å². The summed E-state index contributed by atoms with van der Waals surface area (Å²) < 4.78 is 0. The lowest BCUT2D eigenvalue weighted by molar-refractivity contribution is -0.124. The molecule has 4 aliphatic carbocycles. The van der Waals surface area contributed by atoms with E-state index in [2.05, 4.69) is 24.3 Å². The molecule has 2 aliphatic heterocycles. The van der Waals surface area contributed by atoms with Crippen molar-refractivity contribution in [1.29, 1.82) is 0 Å². The van der Waals surface area contributed by atoms with Gasteiger partial charge < -0.3 is 0 Å². The second-order valence-corrected chi connectivity index (χ2v) is 10.1. The van der Waals surface area contributed by atoms with Crippen molar-refractivity contribution in [1.82, 2.24) is 0 Å². The molecule has 6 nitrogen and oxygen atoms in total. The minimum Gasteiger partial charge on any atom is -0.274 e. The van der Waals surface area contributed by atoms with Gasteiger partial charge in [-0.1, -0.05) is 35.9 Å². The van der Waals surface area contributed by atoms with Gasteiger partial charge in [-0.2, -0.15) is 0 Å². The summed E-state index contributed by atoms with van der Waals surface area (Å²) in [5, 5.41) is 0.193. The molecule has 0 spiro atoms. The van der Waals surface area contributed by atoms with Gasteiger partial charge in [-0.25, -0.2) is 9.80 Å². The zero-order valence-corrected chi connectivity index (χ0v) is 17.2. The van der Waals surface area contributed by atoms with Gasteiger partial charge >= 0.3 is 0 Å². The number of carbonyl (C=O) groups excluding carboxylic acids is 4. The molecule has 4 fully saturated rings. The predicted molar refractivity (Wildman–Crippen MR) is 112 cm³/mol. The number of hydrogen-bond donors (Lipinski definition) is 0. The van der Waals surface area contributed by atoms with Crippen molar-refractivity contribution in [2.75, 3.05) is 9.80 Å². The number of imide groups is 2. The van der Waals surface area contributed by atoms with Crippen LogP contribution in [0.25, 0.3) is 0 Å². The first-order valence-electron chi connectivity index (χ1n) is 10.9. The smallest absolute Gasteiger partial charge is 0.238 e. The lowest BCUT2D eigenvalue weighted by Crippen LogP contribution is -2.34. The zero-order chi connectivity index (χ0) is 21.2. The van der Waals surface area contributed by atoms with Crippen LogP contribution in [0.2, 0.25) is 5.02 Å². The summed E-state index contributed by atoms with van der Waals surface area (Å²) in [6, 6.07) is 4.74. The van der Waals surface area contributed by atoms with Crippen LogP contribution in [-0.2, 0) is 19.2 Å². The van der Waals surface area contributed by atoms with Gasteiger partial charge in [0.25, 0.3) is 0 Å². The predicted octanol–water partition coefficient (Wildman–Crippen LogP) is 2.96. The van der Waals surface area contributed by atoms with Crippen molar-refractivity contribution < 1.29 is 19.2 Å². The Morgan fingerprint density at radius 2 is 1.06 bits per heavy atom. The largest absolute Gasteiger partial charge is 0.274 e. The highest BCUT2D eigenvalue weighted by molar-refractivity contribution is 6.37. The van der Waals surface area contributed by atoms with Gasteiger partial charge in [0.2, 0.25) is 23.6 Å². The molecule has 1 aromatic rings. The van der Waals surface area contributed by atoms with E-state index < -0.39 is 0 Å². The summed E-state index contributed by atoms with van der Waals surface area (Å²) in [4.78, 5) is 54.7. The fraction of sp³-hybridized carbons (Fsp3) is 0.417. The normalized spacial score (nSPS) is 41.3. The average Bonchev–Trinajstić information content (AvgIpc) is 3.56. The first kappa shape index (κ1) is 17.9. The molecule has 1 aromatic carbocycles. The number of nitrogens with zero attached hydrogens (tertiary/aromatic N) is 2. The first-order valence-corrected chi connectivity index (χ1v) is 11.3. The molecule has 0 unspecified atom stereocenters. The van der Waals surface area contributed by atoms with Crippen LogP contribution in [0, 0.1) is 47.3 Å².